The molecule has 11 atom stereocenters. The van der Waals surface area contributed by atoms with Crippen LogP contribution in [0.15, 0.2) is 71.4 Å². The molecule has 0 N–H and O–H groups in total. The summed E-state index contributed by atoms with van der Waals surface area (Å²) in [5.41, 5.74) is 4.44. The van der Waals surface area contributed by atoms with Crippen LogP contribution in [-0.4, -0.2) is 0 Å². The normalized spacial score (nSPS) is 14.6. The molecule has 0 aliphatic heterocycles. The predicted octanol–water partition coefficient (Wildman–Crippen LogP) is 40.9. The second kappa shape index (κ2) is 95.8. The summed E-state index contributed by atoms with van der Waals surface area (Å²) in [6.45, 7) is 104. The van der Waals surface area contributed by atoms with Gasteiger partial charge in [0, 0.05) is 7.13 Å². The number of rotatable bonds is 43. The maximum atomic E-state index is 2.39. The highest BCUT2D eigenvalue weighted by molar-refractivity contribution is 4.98. The van der Waals surface area contributed by atoms with Crippen molar-refractivity contribution >= 4 is 0 Å². The predicted molar refractivity (Wildman–Crippen MR) is 521 cm³/mol. The van der Waals surface area contributed by atoms with Crippen molar-refractivity contribution in [3.63, 3.8) is 0 Å². The summed E-state index contributed by atoms with van der Waals surface area (Å²) in [5.74, 6) is 17.9. The average molecular weight is 1510 g/mol. The van der Waals surface area contributed by atoms with E-state index in [4.69, 9.17) is 0 Å². The molecule has 0 nitrogen and oxygen atoms in total. The summed E-state index contributed by atoms with van der Waals surface area (Å²) in [7, 11) is 0. The van der Waals surface area contributed by atoms with Gasteiger partial charge in [0.05, 0.1) is 0 Å². The Hall–Kier alpha value is -1.56. The minimum atomic E-state index is 0. The molecule has 11 unspecified atom stereocenters. The molecular weight excluding hydrogens is 1270 g/mol. The molecule has 0 aliphatic rings. The molecule has 0 heteroatoms. The van der Waals surface area contributed by atoms with E-state index in [0.29, 0.717) is 17.8 Å². The van der Waals surface area contributed by atoms with Crippen molar-refractivity contribution in [2.45, 2.75) is 492 Å². The molecule has 0 aliphatic carbocycles. The van der Waals surface area contributed by atoms with Crippen molar-refractivity contribution in [3.8, 4) is 0 Å². The SMILES string of the molecule is CC(C)/C=C/C(C)C(C)C.CC(C)/C=C/CCC(C)C.CC(C)CCC(C)C(C)C.CC(C)CCCCC(C)C.CC/C(C)=C/CC(C)CC.CC/C(C)=C/CC(C)CC.CC=C(C)C.CCC(C)C/C=C/C(C)C.CCC(C)CC(C)C(C)CC.CCC(C)CCC(C)CC.CCC(C)CCCC(C)C.[HH].[HH].[HH].[HH].[HH]. The summed E-state index contributed by atoms with van der Waals surface area (Å²) in [6.07, 6.45) is 56.9. The molecule has 0 aromatic carbocycles. The lowest BCUT2D eigenvalue weighted by molar-refractivity contribution is 0.303. The van der Waals surface area contributed by atoms with Crippen LogP contribution in [0, 0.1) is 124 Å². The van der Waals surface area contributed by atoms with Crippen LogP contribution in [0.1, 0.15) is 499 Å². The van der Waals surface area contributed by atoms with E-state index in [9.17, 15) is 0 Å². The molecule has 0 aromatic rings. The fraction of sp³-hybridized carbons (Fsp3) is 0.887. The Morgan fingerprint density at radius 1 is 0.274 bits per heavy atom. The molecule has 0 fully saturated rings. The standard InChI is InChI=1S/C11H24.C10H22.C10H20.C10H22.C10H20.C10H22.C10H20.C10H22.2C10H20.C5H10.5H2/c1-6-9(3)8-11(5)10(4)7-2;2*1-8(2)6-7-10(5)9(3)4;2*1-9(2)7-5-6-8-10(3)4;2*1-5-10(4)8-6-7-9(2)3;3*1-5-9(3)7-8-10(4)6-2;1-4-5(2)3;;;;;/h9-11H,6-8H2,1-5H3;8-10H,6-7H2,1-5H3;6-10H,1-5H3;9-10H,5-8H2,1-4H3;5,7,9-10H,6,8H2,1-4H3;9-10H,5-8H2,1-4H3;6-7,9-10H,5,8H2,1-4H3;9-10H,5-8H2,1-4H3;2*7,10H,5-6,8H2,1-4H3;4H,1-3H3;5*1H/b;;7-6+;;7-5+;;7-6+;;2*9-7+;;;;;;. The van der Waals surface area contributed by atoms with Gasteiger partial charge in [-0.15, -0.1) is 0 Å². The van der Waals surface area contributed by atoms with Crippen molar-refractivity contribution in [2.75, 3.05) is 0 Å². The highest BCUT2D eigenvalue weighted by Crippen LogP contribution is 2.24. The van der Waals surface area contributed by atoms with Gasteiger partial charge in [0.15, 0.2) is 0 Å². The number of hydrogen-bond donors (Lipinski definition) is 0. The van der Waals surface area contributed by atoms with Crippen molar-refractivity contribution < 1.29 is 7.13 Å². The van der Waals surface area contributed by atoms with Gasteiger partial charge >= 0.3 is 0 Å². The molecule has 0 heterocycles. The van der Waals surface area contributed by atoms with E-state index >= 15 is 0 Å². The first-order valence-electron chi connectivity index (χ1n) is 47.1. The third kappa shape index (κ3) is 138. The van der Waals surface area contributed by atoms with E-state index in [1.54, 1.807) is 0 Å². The van der Waals surface area contributed by atoms with Crippen molar-refractivity contribution in [2.24, 2.45) is 124 Å². The van der Waals surface area contributed by atoms with Crippen LogP contribution in [0.25, 0.3) is 0 Å². The highest BCUT2D eigenvalue weighted by atomic mass is 14.2. The summed E-state index contributed by atoms with van der Waals surface area (Å²) in [6, 6.07) is 0. The zero-order valence-corrected chi connectivity index (χ0v) is 83.9. The zero-order chi connectivity index (χ0) is 85.3. The molecule has 0 radical (unpaired) electrons. The van der Waals surface area contributed by atoms with Gasteiger partial charge in [-0.3, -0.25) is 0 Å². The Balaban J connectivity index is -0.0000000638. The largest absolute Gasteiger partial charge is 0.0890 e. The fourth-order valence-electron chi connectivity index (χ4n) is 9.12. The maximum Gasteiger partial charge on any atom is 0 e. The Labute approximate surface area is 690 Å². The molecule has 106 heavy (non-hydrogen) atoms. The molecule has 0 saturated heterocycles. The molecule has 0 saturated carbocycles. The van der Waals surface area contributed by atoms with Gasteiger partial charge < -0.3 is 0 Å². The smallest absolute Gasteiger partial charge is 0 e. The van der Waals surface area contributed by atoms with Crippen LogP contribution in [0.5, 0.6) is 0 Å². The Morgan fingerprint density at radius 3 is 0.877 bits per heavy atom. The summed E-state index contributed by atoms with van der Waals surface area (Å²) in [5, 5.41) is 0. The summed E-state index contributed by atoms with van der Waals surface area (Å²) in [4.78, 5) is 0. The van der Waals surface area contributed by atoms with Gasteiger partial charge in [-0.25, -0.2) is 0 Å². The number of allylic oxidation sites excluding steroid dienone is 12. The monoisotopic (exact) mass is 1510 g/mol. The molecule has 656 valence electrons. The van der Waals surface area contributed by atoms with E-state index in [-0.39, 0.29) is 7.13 Å². The van der Waals surface area contributed by atoms with Crippen molar-refractivity contribution in [1.82, 2.24) is 0 Å². The Kier molecular flexibility index (Phi) is 116. The first-order valence-corrected chi connectivity index (χ1v) is 47.1. The van der Waals surface area contributed by atoms with Gasteiger partial charge in [-0.05, 0) is 210 Å². The van der Waals surface area contributed by atoms with E-state index in [0.717, 1.165) is 107 Å². The Bertz CT molecular complexity index is 1740. The van der Waals surface area contributed by atoms with Gasteiger partial charge in [-0.1, -0.05) is 477 Å². The van der Waals surface area contributed by atoms with Crippen LogP contribution in [0.3, 0.4) is 0 Å². The second-order valence-corrected chi connectivity index (χ2v) is 38.3. The fourth-order valence-corrected chi connectivity index (χ4v) is 9.12. The minimum absolute atomic E-state index is 0. The van der Waals surface area contributed by atoms with E-state index < -0.39 is 0 Å². The van der Waals surface area contributed by atoms with Gasteiger partial charge in [-0.2, -0.15) is 0 Å². The van der Waals surface area contributed by atoms with Gasteiger partial charge in [0.1, 0.15) is 0 Å². The maximum absolute atomic E-state index is 2.39. The average Bonchev–Trinajstić information content (AvgIpc) is 0.964. The van der Waals surface area contributed by atoms with Crippen LogP contribution in [0.2, 0.25) is 0 Å². The lowest BCUT2D eigenvalue weighted by Gasteiger charge is -2.21. The van der Waals surface area contributed by atoms with Crippen LogP contribution in [0.4, 0.5) is 0 Å². The molecule has 0 amide bonds. The second-order valence-electron chi connectivity index (χ2n) is 38.3. The molecule has 0 spiro atoms. The highest BCUT2D eigenvalue weighted by Gasteiger charge is 2.13. The number of unbranched alkanes of at least 4 members (excludes halogenated alkanes) is 1. The molecule has 0 aromatic heterocycles. The Morgan fingerprint density at radius 2 is 0.594 bits per heavy atom. The first-order chi connectivity index (χ1) is 49.1. The van der Waals surface area contributed by atoms with E-state index in [1.165, 1.54) is 190 Å². The molecule has 0 bridgehead atoms. The summed E-state index contributed by atoms with van der Waals surface area (Å²) >= 11 is 0. The summed E-state index contributed by atoms with van der Waals surface area (Å²) < 4.78 is 0. The lowest BCUT2D eigenvalue weighted by Crippen LogP contribution is -2.10. The minimum Gasteiger partial charge on any atom is -0.0890 e. The van der Waals surface area contributed by atoms with Crippen LogP contribution < -0.4 is 0 Å². The van der Waals surface area contributed by atoms with Crippen molar-refractivity contribution in [3.05, 3.63) is 71.4 Å². The number of hydrogen-bond acceptors (Lipinski definition) is 0. The van der Waals surface area contributed by atoms with Gasteiger partial charge in [0.25, 0.3) is 0 Å². The van der Waals surface area contributed by atoms with E-state index in [1.807, 2.05) is 6.92 Å². The lowest BCUT2D eigenvalue weighted by atomic mass is 9.85. The van der Waals surface area contributed by atoms with Crippen LogP contribution >= 0.6 is 0 Å². The van der Waals surface area contributed by atoms with Crippen molar-refractivity contribution in [1.29, 1.82) is 0 Å². The van der Waals surface area contributed by atoms with Gasteiger partial charge in [0.2, 0.25) is 0 Å². The topological polar surface area (TPSA) is 0 Å². The quantitative estimate of drug-likeness (QED) is 0.0422. The third-order valence-electron chi connectivity index (χ3n) is 21.8. The first kappa shape index (κ1) is 128. The zero-order valence-electron chi connectivity index (χ0n) is 83.9. The molecule has 0 rings (SSSR count). The molecular formula is C106H232. The van der Waals surface area contributed by atoms with Crippen LogP contribution in [-0.2, 0) is 0 Å². The van der Waals surface area contributed by atoms with E-state index in [2.05, 4.69) is 366 Å². The third-order valence-corrected chi connectivity index (χ3v) is 21.8.